The Morgan fingerprint density at radius 2 is 2.04 bits per heavy atom. The van der Waals surface area contributed by atoms with E-state index in [2.05, 4.69) is 16.3 Å². The number of carbonyl (C=O) groups is 1. The minimum atomic E-state index is 0. The summed E-state index contributed by atoms with van der Waals surface area (Å²) in [7, 11) is 1.69. The summed E-state index contributed by atoms with van der Waals surface area (Å²) in [5.74, 6) is 1.09. The van der Waals surface area contributed by atoms with Gasteiger partial charge in [-0.2, -0.15) is 0 Å². The molecule has 0 radical (unpaired) electrons. The van der Waals surface area contributed by atoms with Gasteiger partial charge in [0.1, 0.15) is 5.75 Å². The van der Waals surface area contributed by atoms with Gasteiger partial charge in [0.05, 0.1) is 19.7 Å². The number of amides is 1. The highest BCUT2D eigenvalue weighted by Gasteiger charge is 2.28. The molecule has 0 bridgehead atoms. The average molecular weight is 342 g/mol. The number of methoxy groups -OCH3 is 1. The van der Waals surface area contributed by atoms with E-state index in [1.54, 1.807) is 7.11 Å². The predicted molar refractivity (Wildman–Crippen MR) is 95.4 cm³/mol. The molecule has 1 atom stereocenters. The molecular weight excluding hydrogens is 314 g/mol. The van der Waals surface area contributed by atoms with Crippen LogP contribution in [0.3, 0.4) is 0 Å². The Morgan fingerprint density at radius 3 is 2.70 bits per heavy atom. The van der Waals surface area contributed by atoms with E-state index in [1.165, 1.54) is 0 Å². The molecule has 1 aromatic carbocycles. The van der Waals surface area contributed by atoms with Gasteiger partial charge in [-0.1, -0.05) is 18.2 Å². The lowest BCUT2D eigenvalue weighted by molar-refractivity contribution is -0.132. The predicted octanol–water partition coefficient (Wildman–Crippen LogP) is 1.93. The van der Waals surface area contributed by atoms with E-state index in [0.29, 0.717) is 6.54 Å². The molecule has 0 aromatic heterocycles. The molecule has 1 aromatic rings. The first-order chi connectivity index (χ1) is 10.7. The van der Waals surface area contributed by atoms with Crippen LogP contribution in [-0.2, 0) is 4.79 Å². The van der Waals surface area contributed by atoms with Crippen LogP contribution >= 0.6 is 12.4 Å². The summed E-state index contributed by atoms with van der Waals surface area (Å²) >= 11 is 0. The van der Waals surface area contributed by atoms with Gasteiger partial charge in [-0.05, 0) is 19.9 Å². The van der Waals surface area contributed by atoms with Gasteiger partial charge in [0.2, 0.25) is 5.91 Å². The SMILES string of the molecule is CCN(CC)C(=O)CN1CCNCC1c1ccccc1OC.Cl. The first-order valence-electron chi connectivity index (χ1n) is 8.06. The van der Waals surface area contributed by atoms with Gasteiger partial charge in [-0.15, -0.1) is 12.4 Å². The maximum atomic E-state index is 12.4. The van der Waals surface area contributed by atoms with Crippen molar-refractivity contribution < 1.29 is 9.53 Å². The number of halogens is 1. The lowest BCUT2D eigenvalue weighted by Gasteiger charge is -2.37. The number of benzene rings is 1. The second-order valence-corrected chi connectivity index (χ2v) is 5.50. The van der Waals surface area contributed by atoms with Crippen LogP contribution in [0.5, 0.6) is 5.75 Å². The number of carbonyl (C=O) groups excluding carboxylic acids is 1. The fourth-order valence-corrected chi connectivity index (χ4v) is 3.03. The molecule has 1 saturated heterocycles. The number of hydrogen-bond donors (Lipinski definition) is 1. The first kappa shape index (κ1) is 19.7. The van der Waals surface area contributed by atoms with Gasteiger partial charge in [0, 0.05) is 38.3 Å². The molecule has 6 heteroatoms. The zero-order valence-electron chi connectivity index (χ0n) is 14.2. The van der Waals surface area contributed by atoms with Crippen LogP contribution in [-0.4, -0.2) is 62.1 Å². The highest BCUT2D eigenvalue weighted by Crippen LogP contribution is 2.29. The van der Waals surface area contributed by atoms with Gasteiger partial charge in [0.15, 0.2) is 0 Å². The van der Waals surface area contributed by atoms with E-state index in [1.807, 2.05) is 36.9 Å². The number of ether oxygens (including phenoxy) is 1. The molecule has 1 aliphatic heterocycles. The molecule has 0 spiro atoms. The Kier molecular flexibility index (Phi) is 8.37. The minimum absolute atomic E-state index is 0. The summed E-state index contributed by atoms with van der Waals surface area (Å²) in [6, 6.07) is 8.24. The molecule has 1 fully saturated rings. The van der Waals surface area contributed by atoms with Crippen LogP contribution in [0.15, 0.2) is 24.3 Å². The standard InChI is InChI=1S/C17H27N3O2.ClH/c1-4-19(5-2)17(21)13-20-11-10-18-12-15(20)14-8-6-7-9-16(14)22-3;/h6-9,15,18H,4-5,10-13H2,1-3H3;1H. The molecule has 1 unspecified atom stereocenters. The smallest absolute Gasteiger partial charge is 0.236 e. The zero-order chi connectivity index (χ0) is 15.9. The number of rotatable bonds is 6. The molecule has 1 aliphatic rings. The van der Waals surface area contributed by atoms with E-state index in [0.717, 1.165) is 44.0 Å². The summed E-state index contributed by atoms with van der Waals surface area (Å²) in [5.41, 5.74) is 1.14. The van der Waals surface area contributed by atoms with Crippen molar-refractivity contribution in [1.82, 2.24) is 15.1 Å². The van der Waals surface area contributed by atoms with Crippen LogP contribution in [0.25, 0.3) is 0 Å². The summed E-state index contributed by atoms with van der Waals surface area (Å²) in [6.45, 7) is 8.67. The van der Waals surface area contributed by atoms with Gasteiger partial charge in [-0.25, -0.2) is 0 Å². The largest absolute Gasteiger partial charge is 0.496 e. The molecule has 0 aliphatic carbocycles. The fraction of sp³-hybridized carbons (Fsp3) is 0.588. The number of hydrogen-bond acceptors (Lipinski definition) is 4. The third kappa shape index (κ3) is 4.83. The van der Waals surface area contributed by atoms with Crippen molar-refractivity contribution >= 4 is 18.3 Å². The van der Waals surface area contributed by atoms with Crippen LogP contribution in [0.1, 0.15) is 25.5 Å². The Hall–Kier alpha value is -1.30. The van der Waals surface area contributed by atoms with E-state index in [4.69, 9.17) is 4.74 Å². The van der Waals surface area contributed by atoms with E-state index in [-0.39, 0.29) is 24.4 Å². The molecule has 0 saturated carbocycles. The van der Waals surface area contributed by atoms with E-state index >= 15 is 0 Å². The third-order valence-electron chi connectivity index (χ3n) is 4.31. The van der Waals surface area contributed by atoms with Gasteiger partial charge in [0.25, 0.3) is 0 Å². The Labute approximate surface area is 145 Å². The molecule has 5 nitrogen and oxygen atoms in total. The molecule has 2 rings (SSSR count). The molecular formula is C17H28ClN3O2. The molecule has 1 amide bonds. The molecule has 23 heavy (non-hydrogen) atoms. The summed E-state index contributed by atoms with van der Waals surface area (Å²) in [4.78, 5) is 16.6. The number of piperazine rings is 1. The number of nitrogens with zero attached hydrogens (tertiary/aromatic N) is 2. The summed E-state index contributed by atoms with van der Waals surface area (Å²) in [6.07, 6.45) is 0. The van der Waals surface area contributed by atoms with Crippen LogP contribution in [0.2, 0.25) is 0 Å². The quantitative estimate of drug-likeness (QED) is 0.858. The van der Waals surface area contributed by atoms with Crippen LogP contribution in [0.4, 0.5) is 0 Å². The summed E-state index contributed by atoms with van der Waals surface area (Å²) in [5, 5.41) is 3.42. The zero-order valence-corrected chi connectivity index (χ0v) is 15.1. The second kappa shape index (κ2) is 9.75. The van der Waals surface area contributed by atoms with Crippen molar-refractivity contribution in [3.8, 4) is 5.75 Å². The normalized spacial score (nSPS) is 18.1. The van der Waals surface area contributed by atoms with Gasteiger partial charge >= 0.3 is 0 Å². The van der Waals surface area contributed by atoms with E-state index in [9.17, 15) is 4.79 Å². The Bertz CT molecular complexity index is 494. The lowest BCUT2D eigenvalue weighted by Crippen LogP contribution is -2.50. The molecule has 1 heterocycles. The number of para-hydroxylation sites is 1. The van der Waals surface area contributed by atoms with E-state index < -0.39 is 0 Å². The van der Waals surface area contributed by atoms with Crippen molar-refractivity contribution in [3.05, 3.63) is 29.8 Å². The monoisotopic (exact) mass is 341 g/mol. The molecule has 1 N–H and O–H groups in total. The maximum absolute atomic E-state index is 12.4. The second-order valence-electron chi connectivity index (χ2n) is 5.50. The first-order valence-corrected chi connectivity index (χ1v) is 8.06. The minimum Gasteiger partial charge on any atom is -0.496 e. The van der Waals surface area contributed by atoms with Crippen molar-refractivity contribution in [2.24, 2.45) is 0 Å². The fourth-order valence-electron chi connectivity index (χ4n) is 3.03. The topological polar surface area (TPSA) is 44.8 Å². The Balaban J connectivity index is 0.00000264. The molecule has 130 valence electrons. The third-order valence-corrected chi connectivity index (χ3v) is 4.31. The number of likely N-dealkylation sites (N-methyl/N-ethyl adjacent to an activating group) is 1. The van der Waals surface area contributed by atoms with Crippen LogP contribution in [0, 0.1) is 0 Å². The van der Waals surface area contributed by atoms with Crippen molar-refractivity contribution in [2.45, 2.75) is 19.9 Å². The lowest BCUT2D eigenvalue weighted by atomic mass is 10.0. The average Bonchev–Trinajstić information content (AvgIpc) is 2.56. The summed E-state index contributed by atoms with van der Waals surface area (Å²) < 4.78 is 5.49. The van der Waals surface area contributed by atoms with Crippen molar-refractivity contribution in [2.75, 3.05) is 46.4 Å². The highest BCUT2D eigenvalue weighted by atomic mass is 35.5. The van der Waals surface area contributed by atoms with Crippen LogP contribution < -0.4 is 10.1 Å². The Morgan fingerprint density at radius 1 is 1.35 bits per heavy atom. The van der Waals surface area contributed by atoms with Gasteiger partial charge in [-0.3, -0.25) is 9.69 Å². The van der Waals surface area contributed by atoms with Crippen molar-refractivity contribution in [3.63, 3.8) is 0 Å². The van der Waals surface area contributed by atoms with Gasteiger partial charge < -0.3 is 15.0 Å². The van der Waals surface area contributed by atoms with Crippen molar-refractivity contribution in [1.29, 1.82) is 0 Å². The number of nitrogens with one attached hydrogen (secondary N) is 1. The maximum Gasteiger partial charge on any atom is 0.236 e. The highest BCUT2D eigenvalue weighted by molar-refractivity contribution is 5.85.